The molecule has 1 amide bonds. The molecule has 0 spiro atoms. The number of nitrogens with zero attached hydrogens (tertiary/aromatic N) is 1. The first kappa shape index (κ1) is 22.1. The van der Waals surface area contributed by atoms with Gasteiger partial charge in [-0.15, -0.1) is 0 Å². The molecule has 2 fully saturated rings. The van der Waals surface area contributed by atoms with Crippen LogP contribution in [0.3, 0.4) is 0 Å². The fourth-order valence-electron chi connectivity index (χ4n) is 4.03. The fraction of sp³-hybridized carbons (Fsp3) is 0.458. The summed E-state index contributed by atoms with van der Waals surface area (Å²) in [6.07, 6.45) is 2.30. The molecule has 2 aliphatic heterocycles. The van der Waals surface area contributed by atoms with Gasteiger partial charge in [0.1, 0.15) is 12.4 Å². The number of rotatable bonds is 8. The molecule has 2 heterocycles. The van der Waals surface area contributed by atoms with E-state index < -0.39 is 0 Å². The number of ether oxygens (including phenoxy) is 3. The van der Waals surface area contributed by atoms with Crippen molar-refractivity contribution in [3.63, 3.8) is 0 Å². The molecular weight excluding hydrogens is 416 g/mol. The highest BCUT2D eigenvalue weighted by atomic mass is 35.5. The Morgan fingerprint density at radius 1 is 1.13 bits per heavy atom. The third-order valence-corrected chi connectivity index (χ3v) is 6.13. The molecule has 2 aliphatic rings. The lowest BCUT2D eigenvalue weighted by atomic mass is 10.0. The van der Waals surface area contributed by atoms with E-state index in [1.54, 1.807) is 12.1 Å². The maximum absolute atomic E-state index is 12.8. The van der Waals surface area contributed by atoms with Crippen LogP contribution in [0.1, 0.15) is 34.8 Å². The molecule has 2 unspecified atom stereocenters. The molecule has 2 aromatic rings. The second-order valence-electron chi connectivity index (χ2n) is 7.87. The molecule has 0 aromatic heterocycles. The lowest BCUT2D eigenvalue weighted by molar-refractivity contribution is 0.0162. The molecule has 2 aromatic carbocycles. The van der Waals surface area contributed by atoms with Crippen LogP contribution in [0.2, 0.25) is 5.02 Å². The molecule has 4 rings (SSSR count). The molecular formula is C24H29ClN2O4. The zero-order valence-corrected chi connectivity index (χ0v) is 18.4. The van der Waals surface area contributed by atoms with Crippen LogP contribution in [-0.2, 0) is 9.47 Å². The van der Waals surface area contributed by atoms with E-state index in [9.17, 15) is 4.79 Å². The number of carbonyl (C=O) groups excluding carboxylic acids is 1. The smallest absolute Gasteiger partial charge is 0.251 e. The Bertz CT molecular complexity index is 849. The first-order valence-electron chi connectivity index (χ1n) is 10.9. The Hall–Kier alpha value is -2.12. The van der Waals surface area contributed by atoms with E-state index in [0.717, 1.165) is 43.9 Å². The number of amides is 1. The molecule has 6 nitrogen and oxygen atoms in total. The highest BCUT2D eigenvalue weighted by molar-refractivity contribution is 6.31. The number of nitrogens with one attached hydrogen (secondary N) is 1. The maximum Gasteiger partial charge on any atom is 0.251 e. The van der Waals surface area contributed by atoms with Gasteiger partial charge >= 0.3 is 0 Å². The van der Waals surface area contributed by atoms with Crippen LogP contribution in [0.25, 0.3) is 0 Å². The molecule has 31 heavy (non-hydrogen) atoms. The largest absolute Gasteiger partial charge is 0.491 e. The maximum atomic E-state index is 12.8. The number of hydrogen-bond donors (Lipinski definition) is 1. The molecule has 166 valence electrons. The van der Waals surface area contributed by atoms with Crippen molar-refractivity contribution in [2.24, 2.45) is 0 Å². The van der Waals surface area contributed by atoms with E-state index in [4.69, 9.17) is 25.8 Å². The number of halogens is 1. The summed E-state index contributed by atoms with van der Waals surface area (Å²) in [4.78, 5) is 15.1. The molecule has 0 bridgehead atoms. The van der Waals surface area contributed by atoms with Crippen LogP contribution >= 0.6 is 11.6 Å². The Morgan fingerprint density at radius 3 is 2.61 bits per heavy atom. The first-order valence-corrected chi connectivity index (χ1v) is 11.3. The van der Waals surface area contributed by atoms with E-state index in [1.807, 2.05) is 36.4 Å². The van der Waals surface area contributed by atoms with Crippen molar-refractivity contribution in [3.05, 3.63) is 64.7 Å². The van der Waals surface area contributed by atoms with Gasteiger partial charge in [-0.25, -0.2) is 0 Å². The van der Waals surface area contributed by atoms with Crippen molar-refractivity contribution in [1.29, 1.82) is 0 Å². The standard InChI is InChI=1S/C24H29ClN2O4/c25-22-6-2-1-5-21(22)23(27-11-14-29-15-12-27)16-26-24(28)18-7-9-19(10-8-18)31-17-20-4-3-13-30-20/h1-2,5-10,20,23H,3-4,11-17H2,(H,26,28). The third-order valence-electron chi connectivity index (χ3n) is 5.78. The second kappa shape index (κ2) is 11.0. The van der Waals surface area contributed by atoms with Crippen LogP contribution < -0.4 is 10.1 Å². The number of hydrogen-bond acceptors (Lipinski definition) is 5. The van der Waals surface area contributed by atoms with Crippen molar-refractivity contribution in [1.82, 2.24) is 10.2 Å². The minimum Gasteiger partial charge on any atom is -0.491 e. The molecule has 1 N–H and O–H groups in total. The highest BCUT2D eigenvalue weighted by Crippen LogP contribution is 2.28. The van der Waals surface area contributed by atoms with Gasteiger partial charge in [0, 0.05) is 36.8 Å². The SMILES string of the molecule is O=C(NCC(c1ccccc1Cl)N1CCOCC1)c1ccc(OCC2CCCO2)cc1. The van der Waals surface area contributed by atoms with E-state index in [1.165, 1.54) is 0 Å². The zero-order chi connectivity index (χ0) is 21.5. The van der Waals surface area contributed by atoms with Gasteiger partial charge in [-0.1, -0.05) is 29.8 Å². The van der Waals surface area contributed by atoms with Crippen LogP contribution in [-0.4, -0.2) is 63.0 Å². The Balaban J connectivity index is 1.36. The summed E-state index contributed by atoms with van der Waals surface area (Å²) in [5, 5.41) is 3.79. The van der Waals surface area contributed by atoms with E-state index in [0.29, 0.717) is 37.0 Å². The van der Waals surface area contributed by atoms with Crippen molar-refractivity contribution in [2.75, 3.05) is 46.1 Å². The van der Waals surface area contributed by atoms with Crippen molar-refractivity contribution < 1.29 is 19.0 Å². The van der Waals surface area contributed by atoms with Gasteiger partial charge in [-0.2, -0.15) is 0 Å². The minimum atomic E-state index is -0.115. The summed E-state index contributed by atoms with van der Waals surface area (Å²) in [5.74, 6) is 0.630. The predicted molar refractivity (Wildman–Crippen MR) is 120 cm³/mol. The quantitative estimate of drug-likeness (QED) is 0.672. The third kappa shape index (κ3) is 5.98. The summed E-state index contributed by atoms with van der Waals surface area (Å²) in [6, 6.07) is 15.1. The molecule has 0 radical (unpaired) electrons. The lowest BCUT2D eigenvalue weighted by Crippen LogP contribution is -2.44. The minimum absolute atomic E-state index is 0.00410. The van der Waals surface area contributed by atoms with Crippen LogP contribution in [0, 0.1) is 0 Å². The van der Waals surface area contributed by atoms with Crippen LogP contribution in [0.4, 0.5) is 0 Å². The van der Waals surface area contributed by atoms with Gasteiger partial charge in [-0.3, -0.25) is 9.69 Å². The summed E-state index contributed by atoms with van der Waals surface area (Å²) < 4.78 is 16.9. The molecule has 0 aliphatic carbocycles. The second-order valence-corrected chi connectivity index (χ2v) is 8.27. The number of benzene rings is 2. The number of carbonyl (C=O) groups is 1. The summed E-state index contributed by atoms with van der Waals surface area (Å²) in [5.41, 5.74) is 1.62. The summed E-state index contributed by atoms with van der Waals surface area (Å²) in [6.45, 7) is 4.81. The van der Waals surface area contributed by atoms with Gasteiger partial charge in [0.25, 0.3) is 5.91 Å². The van der Waals surface area contributed by atoms with E-state index in [2.05, 4.69) is 10.2 Å². The summed E-state index contributed by atoms with van der Waals surface area (Å²) >= 11 is 6.47. The van der Waals surface area contributed by atoms with Crippen LogP contribution in [0.5, 0.6) is 5.75 Å². The van der Waals surface area contributed by atoms with Crippen molar-refractivity contribution in [2.45, 2.75) is 25.0 Å². The van der Waals surface area contributed by atoms with E-state index >= 15 is 0 Å². The van der Waals surface area contributed by atoms with Gasteiger partial charge < -0.3 is 19.5 Å². The Labute approximate surface area is 188 Å². The topological polar surface area (TPSA) is 60.0 Å². The first-order chi connectivity index (χ1) is 15.2. The zero-order valence-electron chi connectivity index (χ0n) is 17.6. The van der Waals surface area contributed by atoms with Crippen molar-refractivity contribution in [3.8, 4) is 5.75 Å². The van der Waals surface area contributed by atoms with Gasteiger partial charge in [0.15, 0.2) is 0 Å². The predicted octanol–water partition coefficient (Wildman–Crippen LogP) is 3.70. The van der Waals surface area contributed by atoms with Gasteiger partial charge in [0.05, 0.1) is 25.4 Å². The van der Waals surface area contributed by atoms with Crippen molar-refractivity contribution >= 4 is 17.5 Å². The van der Waals surface area contributed by atoms with E-state index in [-0.39, 0.29) is 18.1 Å². The fourth-order valence-corrected chi connectivity index (χ4v) is 4.29. The monoisotopic (exact) mass is 444 g/mol. The number of morpholine rings is 1. The normalized spacial score (nSPS) is 20.4. The average Bonchev–Trinajstić information content (AvgIpc) is 3.34. The highest BCUT2D eigenvalue weighted by Gasteiger charge is 2.25. The molecule has 7 heteroatoms. The molecule has 2 atom stereocenters. The molecule has 0 saturated carbocycles. The molecule has 2 saturated heterocycles. The Kier molecular flexibility index (Phi) is 7.81. The Morgan fingerprint density at radius 2 is 1.90 bits per heavy atom. The van der Waals surface area contributed by atoms with Crippen LogP contribution in [0.15, 0.2) is 48.5 Å². The van der Waals surface area contributed by atoms with Gasteiger partial charge in [0.2, 0.25) is 0 Å². The lowest BCUT2D eigenvalue weighted by Gasteiger charge is -2.35. The van der Waals surface area contributed by atoms with Gasteiger partial charge in [-0.05, 0) is 48.7 Å². The average molecular weight is 445 g/mol. The summed E-state index contributed by atoms with van der Waals surface area (Å²) in [7, 11) is 0.